The Hall–Kier alpha value is 0.450. The van der Waals surface area contributed by atoms with Crippen molar-refractivity contribution in [2.45, 2.75) is 6.92 Å². The Kier molecular flexibility index (Phi) is 7.17. The smallest absolute Gasteiger partial charge is 0.0267 e. The fraction of sp³-hybridized carbons (Fsp3) is 0.286. The monoisotopic (exact) mass is 245 g/mol. The molecule has 0 N–H and O–H groups in total. The summed E-state index contributed by atoms with van der Waals surface area (Å²) in [5.74, 6) is 0. The van der Waals surface area contributed by atoms with Gasteiger partial charge in [-0.25, -0.2) is 0 Å². The molecule has 12 heavy (non-hydrogen) atoms. The van der Waals surface area contributed by atoms with Crippen LogP contribution >= 0.6 is 39.0 Å². The summed E-state index contributed by atoms with van der Waals surface area (Å²) in [7, 11) is 0. The fourth-order valence-electron chi connectivity index (χ4n) is 0.313. The topological polar surface area (TPSA) is 12.9 Å². The van der Waals surface area contributed by atoms with Crippen molar-refractivity contribution in [3.63, 3.8) is 0 Å². The van der Waals surface area contributed by atoms with Crippen LogP contribution in [0.2, 0.25) is 0 Å². The molecule has 0 aliphatic carbocycles. The molecule has 0 aliphatic rings. The Morgan fingerprint density at radius 1 is 1.08 bits per heavy atom. The van der Waals surface area contributed by atoms with Gasteiger partial charge < -0.3 is 0 Å². The first-order valence-corrected chi connectivity index (χ1v) is 8.72. The minimum atomic E-state index is -2.21. The van der Waals surface area contributed by atoms with Crippen molar-refractivity contribution in [2.24, 2.45) is 0 Å². The van der Waals surface area contributed by atoms with Gasteiger partial charge in [0.05, 0.1) is 0 Å². The molecule has 5 heteroatoms. The molecule has 0 aromatic carbocycles. The largest absolute Gasteiger partial charge is 0.265 e. The van der Waals surface area contributed by atoms with Gasteiger partial charge in [-0.3, -0.25) is 4.98 Å². The van der Waals surface area contributed by atoms with Gasteiger partial charge in [-0.2, -0.15) is 0 Å². The average molecular weight is 247 g/mol. The van der Waals surface area contributed by atoms with Crippen molar-refractivity contribution in [1.29, 1.82) is 0 Å². The average Bonchev–Trinajstić information content (AvgIpc) is 2.07. The Labute approximate surface area is 87.8 Å². The van der Waals surface area contributed by atoms with E-state index in [0.29, 0.717) is 6.16 Å². The van der Waals surface area contributed by atoms with Gasteiger partial charge >= 0.3 is 52.1 Å². The molecule has 1 aromatic rings. The van der Waals surface area contributed by atoms with Crippen molar-refractivity contribution < 1.29 is 0 Å². The van der Waals surface area contributed by atoms with Crippen LogP contribution < -0.4 is 0 Å². The SMILES string of the molecule is CC[PH](Cl)(Cl)Cl.c1ccncc1. The second-order valence-corrected chi connectivity index (χ2v) is 11.5. The molecule has 0 bridgehead atoms. The number of rotatable bonds is 1. The summed E-state index contributed by atoms with van der Waals surface area (Å²) in [6.07, 6.45) is 4.21. The van der Waals surface area contributed by atoms with E-state index in [1.54, 1.807) is 12.4 Å². The molecule has 1 nitrogen and oxygen atoms in total. The standard InChI is InChI=1S/C5H5N.C2H6Cl3P/c1-2-4-6-5-3-1;1-2-6(3,4)5/h1-5H;6H,2H2,1H3. The molecule has 0 unspecified atom stereocenters. The van der Waals surface area contributed by atoms with E-state index in [4.69, 9.17) is 33.7 Å². The summed E-state index contributed by atoms with van der Waals surface area (Å²) in [6.45, 7) is 1.87. The Balaban J connectivity index is 0.000000202. The zero-order valence-corrected chi connectivity index (χ0v) is 9.94. The quantitative estimate of drug-likeness (QED) is 0.673. The maximum atomic E-state index is 5.39. The van der Waals surface area contributed by atoms with E-state index in [0.717, 1.165) is 0 Å². The third-order valence-electron chi connectivity index (χ3n) is 0.967. The van der Waals surface area contributed by atoms with Crippen molar-refractivity contribution in [3.05, 3.63) is 30.6 Å². The molecular formula is C7H11Cl3NP. The van der Waals surface area contributed by atoms with Crippen LogP contribution in [0.4, 0.5) is 0 Å². The Morgan fingerprint density at radius 3 is 1.58 bits per heavy atom. The normalized spacial score (nSPS) is 11.3. The van der Waals surface area contributed by atoms with Crippen LogP contribution in [0.3, 0.4) is 0 Å². The molecule has 70 valence electrons. The minimum Gasteiger partial charge on any atom is -0.265 e. The first kappa shape index (κ1) is 12.4. The van der Waals surface area contributed by atoms with E-state index in [2.05, 4.69) is 4.98 Å². The van der Waals surface area contributed by atoms with Crippen LogP contribution in [0, 0.1) is 0 Å². The minimum absolute atomic E-state index is 0.706. The van der Waals surface area contributed by atoms with E-state index >= 15 is 0 Å². The summed E-state index contributed by atoms with van der Waals surface area (Å²) < 4.78 is 0. The maximum Gasteiger partial charge on any atom is 0.0267 e. The summed E-state index contributed by atoms with van der Waals surface area (Å²) in [6, 6.07) is 5.72. The maximum absolute atomic E-state index is 5.39. The van der Waals surface area contributed by atoms with Gasteiger partial charge in [0.15, 0.2) is 0 Å². The number of aromatic nitrogens is 1. The Morgan fingerprint density at radius 2 is 1.50 bits per heavy atom. The van der Waals surface area contributed by atoms with E-state index in [1.165, 1.54) is 0 Å². The molecule has 0 spiro atoms. The van der Waals surface area contributed by atoms with Crippen LogP contribution in [0.1, 0.15) is 6.92 Å². The van der Waals surface area contributed by atoms with Crippen LogP contribution in [0.25, 0.3) is 0 Å². The Bertz CT molecular complexity index is 161. The summed E-state index contributed by atoms with van der Waals surface area (Å²) in [5.41, 5.74) is 0. The van der Waals surface area contributed by atoms with E-state index in [1.807, 2.05) is 25.1 Å². The van der Waals surface area contributed by atoms with E-state index in [9.17, 15) is 0 Å². The van der Waals surface area contributed by atoms with Crippen LogP contribution in [0.5, 0.6) is 0 Å². The zero-order valence-electron chi connectivity index (χ0n) is 6.67. The number of hydrogen-bond donors (Lipinski definition) is 0. The second kappa shape index (κ2) is 6.91. The number of nitrogens with zero attached hydrogens (tertiary/aromatic N) is 1. The predicted octanol–water partition coefficient (Wildman–Crippen LogP) is 4.30. The molecule has 1 rings (SSSR count). The van der Waals surface area contributed by atoms with Crippen LogP contribution in [-0.4, -0.2) is 11.1 Å². The van der Waals surface area contributed by atoms with Gasteiger partial charge in [0.2, 0.25) is 0 Å². The molecule has 0 atom stereocenters. The van der Waals surface area contributed by atoms with Crippen LogP contribution in [0.15, 0.2) is 30.6 Å². The van der Waals surface area contributed by atoms with E-state index in [-0.39, 0.29) is 0 Å². The van der Waals surface area contributed by atoms with E-state index < -0.39 is 5.32 Å². The summed E-state index contributed by atoms with van der Waals surface area (Å²) in [4.78, 5) is 3.78. The van der Waals surface area contributed by atoms with Gasteiger partial charge in [-0.1, -0.05) is 6.07 Å². The molecule has 0 saturated carbocycles. The third kappa shape index (κ3) is 10.4. The predicted molar refractivity (Wildman–Crippen MR) is 60.7 cm³/mol. The van der Waals surface area contributed by atoms with Crippen molar-refractivity contribution in [2.75, 3.05) is 6.16 Å². The van der Waals surface area contributed by atoms with Crippen molar-refractivity contribution in [1.82, 2.24) is 4.98 Å². The van der Waals surface area contributed by atoms with Crippen molar-refractivity contribution >= 4 is 39.0 Å². The molecule has 1 aromatic heterocycles. The number of pyridine rings is 1. The summed E-state index contributed by atoms with van der Waals surface area (Å²) in [5, 5.41) is -2.21. The second-order valence-electron chi connectivity index (χ2n) is 1.99. The molecule has 0 saturated heterocycles. The molecule has 0 amide bonds. The van der Waals surface area contributed by atoms with Gasteiger partial charge in [0.1, 0.15) is 0 Å². The summed E-state index contributed by atoms with van der Waals surface area (Å²) >= 11 is 16.2. The molecule has 1 heterocycles. The van der Waals surface area contributed by atoms with Gasteiger partial charge in [0.25, 0.3) is 0 Å². The third-order valence-corrected chi connectivity index (χ3v) is 4.17. The molecule has 0 aliphatic heterocycles. The van der Waals surface area contributed by atoms with Gasteiger partial charge in [-0.05, 0) is 12.1 Å². The molecule has 0 fully saturated rings. The first-order valence-electron chi connectivity index (χ1n) is 3.48. The molecule has 0 radical (unpaired) electrons. The fourth-order valence-corrected chi connectivity index (χ4v) is 0.313. The number of halogens is 3. The first-order chi connectivity index (χ1) is 5.56. The van der Waals surface area contributed by atoms with Gasteiger partial charge in [-0.15, -0.1) is 0 Å². The van der Waals surface area contributed by atoms with Gasteiger partial charge in [0, 0.05) is 12.4 Å². The zero-order chi connectivity index (χ0) is 9.45. The number of hydrogen-bond acceptors (Lipinski definition) is 1. The van der Waals surface area contributed by atoms with Crippen molar-refractivity contribution in [3.8, 4) is 0 Å². The van der Waals surface area contributed by atoms with Crippen LogP contribution in [-0.2, 0) is 0 Å². The molecular weight excluding hydrogens is 235 g/mol.